The molecular weight excluding hydrogens is 421 g/mol. The molecule has 3 aromatic rings. The van der Waals surface area contributed by atoms with E-state index in [0.29, 0.717) is 13.0 Å². The predicted octanol–water partition coefficient (Wildman–Crippen LogP) is 4.48. The van der Waals surface area contributed by atoms with Gasteiger partial charge >= 0.3 is 0 Å². The van der Waals surface area contributed by atoms with Crippen LogP contribution < -0.4 is 10.2 Å². The fraction of sp³-hybridized carbons (Fsp3) is 0.227. The van der Waals surface area contributed by atoms with Gasteiger partial charge in [0.05, 0.1) is 11.4 Å². The number of rotatable bonds is 7. The third kappa shape index (κ3) is 5.06. The average Bonchev–Trinajstić information content (AvgIpc) is 3.41. The zero-order chi connectivity index (χ0) is 20.9. The highest BCUT2D eigenvalue weighted by Gasteiger charge is 2.21. The molecule has 1 N–H and O–H groups in total. The van der Waals surface area contributed by atoms with Gasteiger partial charge in [0, 0.05) is 36.1 Å². The first-order valence-electron chi connectivity index (χ1n) is 9.59. The predicted molar refractivity (Wildman–Crippen MR) is 118 cm³/mol. The van der Waals surface area contributed by atoms with E-state index in [-0.39, 0.29) is 23.4 Å². The van der Waals surface area contributed by atoms with E-state index in [4.69, 9.17) is 0 Å². The van der Waals surface area contributed by atoms with Crippen molar-refractivity contribution in [3.8, 4) is 11.3 Å². The second kappa shape index (κ2) is 9.40. The summed E-state index contributed by atoms with van der Waals surface area (Å²) in [6.45, 7) is 1.21. The number of anilines is 1. The Hall–Kier alpha value is -2.71. The third-order valence-corrected chi connectivity index (χ3v) is 6.78. The molecular formula is C22H20FN3O2S2. The maximum Gasteiger partial charge on any atom is 0.230 e. The SMILES string of the molecule is O=C(CSc1nc(-c2ccc(F)cc2)cs1)NCc1ccc(N2CCCC2=O)cc1. The minimum atomic E-state index is -0.278. The van der Waals surface area contributed by atoms with Crippen molar-refractivity contribution in [3.05, 3.63) is 65.3 Å². The zero-order valence-corrected chi connectivity index (χ0v) is 17.8. The Bertz CT molecular complexity index is 1040. The lowest BCUT2D eigenvalue weighted by molar-refractivity contribution is -0.119. The summed E-state index contributed by atoms with van der Waals surface area (Å²) in [5, 5.41) is 4.81. The highest BCUT2D eigenvalue weighted by Crippen LogP contribution is 2.28. The van der Waals surface area contributed by atoms with Crippen LogP contribution in [0.2, 0.25) is 0 Å². The summed E-state index contributed by atoms with van der Waals surface area (Å²) in [5.41, 5.74) is 3.52. The van der Waals surface area contributed by atoms with Crippen molar-refractivity contribution in [2.24, 2.45) is 0 Å². The number of thiazole rings is 1. The number of hydrogen-bond acceptors (Lipinski definition) is 5. The normalized spacial score (nSPS) is 13.6. The Balaban J connectivity index is 1.24. The van der Waals surface area contributed by atoms with Gasteiger partial charge in [0.15, 0.2) is 4.34 Å². The molecule has 2 heterocycles. The summed E-state index contributed by atoms with van der Waals surface area (Å²) in [6.07, 6.45) is 1.51. The van der Waals surface area contributed by atoms with E-state index in [1.165, 1.54) is 35.2 Å². The number of carbonyl (C=O) groups is 2. The molecule has 4 rings (SSSR count). The highest BCUT2D eigenvalue weighted by atomic mass is 32.2. The monoisotopic (exact) mass is 441 g/mol. The van der Waals surface area contributed by atoms with E-state index < -0.39 is 0 Å². The summed E-state index contributed by atoms with van der Waals surface area (Å²) in [6, 6.07) is 13.9. The fourth-order valence-corrected chi connectivity index (χ4v) is 4.84. The number of amides is 2. The number of benzene rings is 2. The molecule has 0 radical (unpaired) electrons. The van der Waals surface area contributed by atoms with Gasteiger partial charge in [-0.2, -0.15) is 0 Å². The molecule has 154 valence electrons. The van der Waals surface area contributed by atoms with Gasteiger partial charge in [0.2, 0.25) is 11.8 Å². The van der Waals surface area contributed by atoms with Gasteiger partial charge in [0.25, 0.3) is 0 Å². The minimum absolute atomic E-state index is 0.0719. The summed E-state index contributed by atoms with van der Waals surface area (Å²) in [7, 11) is 0. The van der Waals surface area contributed by atoms with Crippen LogP contribution in [0, 0.1) is 5.82 Å². The Morgan fingerprint density at radius 1 is 1.17 bits per heavy atom. The van der Waals surface area contributed by atoms with Crippen LogP contribution in [0.25, 0.3) is 11.3 Å². The lowest BCUT2D eigenvalue weighted by atomic mass is 10.2. The Labute approximate surface area is 182 Å². The molecule has 30 heavy (non-hydrogen) atoms. The maximum absolute atomic E-state index is 13.0. The van der Waals surface area contributed by atoms with Crippen molar-refractivity contribution < 1.29 is 14.0 Å². The number of carbonyl (C=O) groups excluding carboxylic acids is 2. The summed E-state index contributed by atoms with van der Waals surface area (Å²) in [5.74, 6) is 0.0890. The molecule has 0 atom stereocenters. The maximum atomic E-state index is 13.0. The molecule has 0 aliphatic carbocycles. The quantitative estimate of drug-likeness (QED) is 0.549. The molecule has 0 saturated carbocycles. The van der Waals surface area contributed by atoms with E-state index in [0.717, 1.165) is 39.8 Å². The second-order valence-electron chi connectivity index (χ2n) is 6.89. The van der Waals surface area contributed by atoms with E-state index in [1.54, 1.807) is 17.0 Å². The smallest absolute Gasteiger partial charge is 0.230 e. The Kier molecular flexibility index (Phi) is 6.44. The van der Waals surface area contributed by atoms with Crippen LogP contribution in [0.4, 0.5) is 10.1 Å². The van der Waals surface area contributed by atoms with Crippen molar-refractivity contribution in [2.75, 3.05) is 17.2 Å². The molecule has 2 aromatic carbocycles. The number of nitrogens with zero attached hydrogens (tertiary/aromatic N) is 2. The van der Waals surface area contributed by atoms with Crippen molar-refractivity contribution >= 4 is 40.6 Å². The Morgan fingerprint density at radius 3 is 2.63 bits per heavy atom. The topological polar surface area (TPSA) is 62.3 Å². The van der Waals surface area contributed by atoms with Crippen LogP contribution >= 0.6 is 23.1 Å². The molecule has 2 amide bonds. The lowest BCUT2D eigenvalue weighted by Gasteiger charge is -2.16. The van der Waals surface area contributed by atoms with Crippen LogP contribution in [-0.4, -0.2) is 29.1 Å². The number of hydrogen-bond donors (Lipinski definition) is 1. The first kappa shape index (κ1) is 20.6. The average molecular weight is 442 g/mol. The van der Waals surface area contributed by atoms with Crippen LogP contribution in [0.1, 0.15) is 18.4 Å². The molecule has 1 fully saturated rings. The van der Waals surface area contributed by atoms with Crippen LogP contribution in [-0.2, 0) is 16.1 Å². The van der Waals surface area contributed by atoms with E-state index in [9.17, 15) is 14.0 Å². The van der Waals surface area contributed by atoms with Gasteiger partial charge in [-0.15, -0.1) is 11.3 Å². The number of halogens is 1. The van der Waals surface area contributed by atoms with Gasteiger partial charge in [-0.1, -0.05) is 23.9 Å². The zero-order valence-electron chi connectivity index (χ0n) is 16.1. The molecule has 0 spiro atoms. The third-order valence-electron chi connectivity index (χ3n) is 4.76. The van der Waals surface area contributed by atoms with Crippen molar-refractivity contribution in [3.63, 3.8) is 0 Å². The number of nitrogens with one attached hydrogen (secondary N) is 1. The van der Waals surface area contributed by atoms with Gasteiger partial charge in [-0.25, -0.2) is 9.37 Å². The largest absolute Gasteiger partial charge is 0.351 e. The first-order valence-corrected chi connectivity index (χ1v) is 11.5. The molecule has 0 bridgehead atoms. The van der Waals surface area contributed by atoms with E-state index >= 15 is 0 Å². The molecule has 1 aliphatic rings. The number of thioether (sulfide) groups is 1. The Morgan fingerprint density at radius 2 is 1.93 bits per heavy atom. The molecule has 8 heteroatoms. The summed E-state index contributed by atoms with van der Waals surface area (Å²) in [4.78, 5) is 30.3. The van der Waals surface area contributed by atoms with E-state index in [1.807, 2.05) is 29.6 Å². The molecule has 1 aromatic heterocycles. The van der Waals surface area contributed by atoms with Crippen LogP contribution in [0.15, 0.2) is 58.3 Å². The lowest BCUT2D eigenvalue weighted by Crippen LogP contribution is -2.25. The van der Waals surface area contributed by atoms with Crippen molar-refractivity contribution in [1.29, 1.82) is 0 Å². The van der Waals surface area contributed by atoms with Gasteiger partial charge in [0.1, 0.15) is 5.82 Å². The first-order chi connectivity index (χ1) is 14.6. The molecule has 1 saturated heterocycles. The standard InChI is InChI=1S/C22H20FN3O2S2/c23-17-7-5-16(6-8-17)19-13-29-22(25-19)30-14-20(27)24-12-15-3-9-18(10-4-15)26-11-1-2-21(26)28/h3-10,13H,1-2,11-12,14H2,(H,24,27). The van der Waals surface area contributed by atoms with Crippen molar-refractivity contribution in [2.45, 2.75) is 23.7 Å². The van der Waals surface area contributed by atoms with Gasteiger partial charge in [-0.3, -0.25) is 9.59 Å². The molecule has 0 unspecified atom stereocenters. The second-order valence-corrected chi connectivity index (χ2v) is 8.97. The summed E-state index contributed by atoms with van der Waals surface area (Å²) >= 11 is 2.84. The van der Waals surface area contributed by atoms with E-state index in [2.05, 4.69) is 10.3 Å². The fourth-order valence-electron chi connectivity index (χ4n) is 3.17. The van der Waals surface area contributed by atoms with Gasteiger partial charge in [-0.05, 0) is 48.4 Å². The highest BCUT2D eigenvalue weighted by molar-refractivity contribution is 8.01. The van der Waals surface area contributed by atoms with Gasteiger partial charge < -0.3 is 10.2 Å². The molecule has 1 aliphatic heterocycles. The van der Waals surface area contributed by atoms with Crippen LogP contribution in [0.3, 0.4) is 0 Å². The molecule has 5 nitrogen and oxygen atoms in total. The van der Waals surface area contributed by atoms with Crippen molar-refractivity contribution in [1.82, 2.24) is 10.3 Å². The number of aromatic nitrogens is 1. The van der Waals surface area contributed by atoms with Crippen LogP contribution in [0.5, 0.6) is 0 Å². The minimum Gasteiger partial charge on any atom is -0.351 e. The summed E-state index contributed by atoms with van der Waals surface area (Å²) < 4.78 is 13.8.